The molecule has 2 heterocycles. The van der Waals surface area contributed by atoms with Crippen molar-refractivity contribution in [2.75, 3.05) is 26.2 Å². The Hall–Kier alpha value is -3.08. The first-order valence-electron chi connectivity index (χ1n) is 15.6. The van der Waals surface area contributed by atoms with Crippen molar-refractivity contribution >= 4 is 41.3 Å². The van der Waals surface area contributed by atoms with E-state index in [4.69, 9.17) is 31.3 Å². The van der Waals surface area contributed by atoms with E-state index in [0.717, 1.165) is 66.4 Å². The van der Waals surface area contributed by atoms with Gasteiger partial charge in [0.1, 0.15) is 24.3 Å². The zero-order valence-electron chi connectivity index (χ0n) is 25.7. The first-order chi connectivity index (χ1) is 21.7. The molecule has 8 nitrogen and oxygen atoms in total. The van der Waals surface area contributed by atoms with Crippen LogP contribution in [0.1, 0.15) is 82.8 Å². The summed E-state index contributed by atoms with van der Waals surface area (Å²) in [7, 11) is 0. The van der Waals surface area contributed by atoms with Crippen molar-refractivity contribution in [3.05, 3.63) is 65.0 Å². The minimum absolute atomic E-state index is 0.0728. The molecular formula is C34H43ClFNO7S. The average molecular weight is 664 g/mol. The Labute approximate surface area is 273 Å². The van der Waals surface area contributed by atoms with Gasteiger partial charge in [0.15, 0.2) is 0 Å². The van der Waals surface area contributed by atoms with Gasteiger partial charge in [0.05, 0.1) is 4.90 Å². The number of carboxylic acid groups (broad SMARTS) is 2. The number of hydrogen-bond donors (Lipinski definition) is 2. The van der Waals surface area contributed by atoms with Crippen LogP contribution in [0.15, 0.2) is 58.3 Å². The van der Waals surface area contributed by atoms with Gasteiger partial charge in [0.2, 0.25) is 0 Å². The Balaban J connectivity index is 0.000000610. The number of nitrogens with zero attached hydrogens (tertiary/aromatic N) is 1. The number of benzene rings is 2. The van der Waals surface area contributed by atoms with Gasteiger partial charge >= 0.3 is 17.9 Å². The van der Waals surface area contributed by atoms with Crippen LogP contribution in [0.2, 0.25) is 5.02 Å². The fourth-order valence-corrected chi connectivity index (χ4v) is 6.61. The van der Waals surface area contributed by atoms with Crippen LogP contribution in [0, 0.1) is 11.7 Å². The minimum atomic E-state index is -1.26. The Bertz CT molecular complexity index is 1280. The topological polar surface area (TPSA) is 113 Å². The van der Waals surface area contributed by atoms with E-state index in [2.05, 4.69) is 11.8 Å². The summed E-state index contributed by atoms with van der Waals surface area (Å²) in [6.45, 7) is 5.30. The van der Waals surface area contributed by atoms with Crippen molar-refractivity contribution in [1.82, 2.24) is 4.90 Å². The number of piperidine rings is 1. The Kier molecular flexibility index (Phi) is 15.7. The highest BCUT2D eigenvalue weighted by molar-refractivity contribution is 7.99. The molecule has 1 fully saturated rings. The molecule has 0 radical (unpaired) electrons. The van der Waals surface area contributed by atoms with Crippen molar-refractivity contribution < 1.29 is 38.5 Å². The van der Waals surface area contributed by atoms with E-state index >= 15 is 0 Å². The third kappa shape index (κ3) is 13.0. The number of ether oxygens (including phenoxy) is 2. The standard InChI is InChI=1S/C30H39ClFNO3S.C4H4O4/c1-2-3-4-5-6-7-8-9-29(34)35-19-18-33-16-14-22(15-17-33)30-25-20-23(31)10-13-27(25)37-28-21-24(32)11-12-26(28)36-30;5-3(6)1-2-4(7)8/h10-13,20-22,30H,2-9,14-19H2,1H3;1-2H,(H,5,6)(H,7,8)/b;2-1+. The number of rotatable bonds is 14. The predicted octanol–water partition coefficient (Wildman–Crippen LogP) is 8.17. The quantitative estimate of drug-likeness (QED) is 0.117. The molecule has 246 valence electrons. The molecule has 2 aromatic carbocycles. The van der Waals surface area contributed by atoms with Crippen molar-refractivity contribution in [1.29, 1.82) is 0 Å². The van der Waals surface area contributed by atoms with Crippen LogP contribution in [0.5, 0.6) is 5.75 Å². The molecule has 0 amide bonds. The molecule has 4 rings (SSSR count). The van der Waals surface area contributed by atoms with Gasteiger partial charge in [0, 0.05) is 46.5 Å². The van der Waals surface area contributed by atoms with Crippen LogP contribution in [0.25, 0.3) is 0 Å². The third-order valence-electron chi connectivity index (χ3n) is 7.74. The molecule has 11 heteroatoms. The molecule has 0 aromatic heterocycles. The maximum absolute atomic E-state index is 13.9. The second kappa shape index (κ2) is 19.4. The molecule has 0 bridgehead atoms. The van der Waals surface area contributed by atoms with Crippen LogP contribution in [0.3, 0.4) is 0 Å². The van der Waals surface area contributed by atoms with E-state index < -0.39 is 11.9 Å². The monoisotopic (exact) mass is 663 g/mol. The highest BCUT2D eigenvalue weighted by Gasteiger charge is 2.33. The zero-order chi connectivity index (χ0) is 32.6. The molecular weight excluding hydrogens is 621 g/mol. The van der Waals surface area contributed by atoms with Crippen LogP contribution in [-0.2, 0) is 19.1 Å². The first kappa shape index (κ1) is 36.4. The Morgan fingerprint density at radius 3 is 2.31 bits per heavy atom. The van der Waals surface area contributed by atoms with Gasteiger partial charge in [-0.05, 0) is 68.8 Å². The summed E-state index contributed by atoms with van der Waals surface area (Å²) in [6, 6.07) is 10.6. The third-order valence-corrected chi connectivity index (χ3v) is 9.11. The second-order valence-electron chi connectivity index (χ2n) is 11.2. The number of halogens is 2. The highest BCUT2D eigenvalue weighted by atomic mass is 35.5. The highest BCUT2D eigenvalue weighted by Crippen LogP contribution is 2.48. The van der Waals surface area contributed by atoms with Crippen molar-refractivity contribution in [2.45, 2.75) is 87.0 Å². The number of fused-ring (bicyclic) bond motifs is 2. The van der Waals surface area contributed by atoms with Gasteiger partial charge < -0.3 is 19.7 Å². The molecule has 0 saturated carbocycles. The van der Waals surface area contributed by atoms with E-state index in [0.29, 0.717) is 36.1 Å². The number of unbranched alkanes of at least 4 members (excludes halogenated alkanes) is 6. The van der Waals surface area contributed by atoms with E-state index in [9.17, 15) is 18.8 Å². The van der Waals surface area contributed by atoms with Crippen molar-refractivity contribution in [3.8, 4) is 5.75 Å². The summed E-state index contributed by atoms with van der Waals surface area (Å²) in [5, 5.41) is 16.3. The van der Waals surface area contributed by atoms with Crippen LogP contribution >= 0.6 is 23.4 Å². The van der Waals surface area contributed by atoms with Crippen LogP contribution in [0.4, 0.5) is 4.39 Å². The summed E-state index contributed by atoms with van der Waals surface area (Å²) >= 11 is 7.90. The van der Waals surface area contributed by atoms with Gasteiger partial charge in [0.25, 0.3) is 0 Å². The number of aliphatic carboxylic acids is 2. The van der Waals surface area contributed by atoms with Gasteiger partial charge in [-0.2, -0.15) is 0 Å². The number of likely N-dealkylation sites (tertiary alicyclic amines) is 1. The van der Waals surface area contributed by atoms with Gasteiger partial charge in [-0.3, -0.25) is 9.69 Å². The molecule has 2 aliphatic rings. The zero-order valence-corrected chi connectivity index (χ0v) is 27.3. The van der Waals surface area contributed by atoms with E-state index in [1.54, 1.807) is 6.07 Å². The fourth-order valence-electron chi connectivity index (χ4n) is 5.37. The lowest BCUT2D eigenvalue weighted by atomic mass is 9.87. The van der Waals surface area contributed by atoms with Gasteiger partial charge in [-0.1, -0.05) is 68.8 Å². The summed E-state index contributed by atoms with van der Waals surface area (Å²) in [5.74, 6) is -1.81. The van der Waals surface area contributed by atoms with Crippen LogP contribution < -0.4 is 4.74 Å². The van der Waals surface area contributed by atoms with Gasteiger partial charge in [-0.25, -0.2) is 14.0 Å². The van der Waals surface area contributed by atoms with Crippen LogP contribution in [-0.4, -0.2) is 59.3 Å². The van der Waals surface area contributed by atoms with Crippen molar-refractivity contribution in [3.63, 3.8) is 0 Å². The SMILES string of the molecule is CCCCCCCCCC(=O)OCCN1CCC(C2Oc3ccc(F)cc3Sc3ccc(Cl)cc32)CC1.O=C(O)/C=C/C(=O)O. The molecule has 0 aliphatic carbocycles. The fraction of sp³-hybridized carbons (Fsp3) is 0.500. The Morgan fingerprint density at radius 1 is 0.978 bits per heavy atom. The number of carbonyl (C=O) groups excluding carboxylic acids is 1. The first-order valence-corrected chi connectivity index (χ1v) is 16.8. The lowest BCUT2D eigenvalue weighted by molar-refractivity contribution is -0.144. The number of hydrogen-bond acceptors (Lipinski definition) is 7. The smallest absolute Gasteiger partial charge is 0.328 e. The molecule has 1 unspecified atom stereocenters. The number of carbonyl (C=O) groups is 3. The van der Waals surface area contributed by atoms with Crippen molar-refractivity contribution in [2.24, 2.45) is 5.92 Å². The lowest BCUT2D eigenvalue weighted by Crippen LogP contribution is -2.38. The lowest BCUT2D eigenvalue weighted by Gasteiger charge is -2.36. The van der Waals surface area contributed by atoms with E-state index in [1.807, 2.05) is 18.2 Å². The van der Waals surface area contributed by atoms with E-state index in [-0.39, 0.29) is 17.9 Å². The number of esters is 1. The molecule has 0 spiro atoms. The normalized spacial score (nSPS) is 16.5. The summed E-state index contributed by atoms with van der Waals surface area (Å²) < 4.78 is 25.9. The maximum atomic E-state index is 13.9. The Morgan fingerprint density at radius 2 is 1.64 bits per heavy atom. The minimum Gasteiger partial charge on any atom is -0.484 e. The van der Waals surface area contributed by atoms with Gasteiger partial charge in [-0.15, -0.1) is 0 Å². The summed E-state index contributed by atoms with van der Waals surface area (Å²) in [6.07, 6.45) is 11.9. The molecule has 2 N–H and O–H groups in total. The largest absolute Gasteiger partial charge is 0.484 e. The summed E-state index contributed by atoms with van der Waals surface area (Å²) in [5.41, 5.74) is 1.08. The molecule has 2 aliphatic heterocycles. The molecule has 1 atom stereocenters. The molecule has 45 heavy (non-hydrogen) atoms. The molecule has 1 saturated heterocycles. The second-order valence-corrected chi connectivity index (χ2v) is 12.7. The predicted molar refractivity (Wildman–Crippen MR) is 172 cm³/mol. The molecule has 2 aromatic rings. The average Bonchev–Trinajstić information content (AvgIpc) is 3.16. The number of carboxylic acids is 2. The summed E-state index contributed by atoms with van der Waals surface area (Å²) in [4.78, 5) is 35.4. The maximum Gasteiger partial charge on any atom is 0.328 e. The van der Waals surface area contributed by atoms with E-state index in [1.165, 1.54) is 56.0 Å².